The molecule has 11 heteroatoms. The van der Waals surface area contributed by atoms with E-state index in [4.69, 9.17) is 10.2 Å². The van der Waals surface area contributed by atoms with E-state index in [1.54, 1.807) is 23.1 Å². The average Bonchev–Trinajstić information content (AvgIpc) is 3.25. The molecule has 2 aromatic heterocycles. The zero-order valence-electron chi connectivity index (χ0n) is 17.0. The van der Waals surface area contributed by atoms with Crippen LogP contribution in [0.1, 0.15) is 32.3 Å². The Labute approximate surface area is 178 Å². The molecule has 10 nitrogen and oxygen atoms in total. The fourth-order valence-electron chi connectivity index (χ4n) is 3.40. The van der Waals surface area contributed by atoms with Gasteiger partial charge in [-0.3, -0.25) is 9.59 Å². The van der Waals surface area contributed by atoms with E-state index in [1.807, 2.05) is 13.8 Å². The molecule has 1 saturated heterocycles. The minimum absolute atomic E-state index is 0.104. The van der Waals surface area contributed by atoms with Crippen LogP contribution in [0, 0.1) is 13.8 Å². The summed E-state index contributed by atoms with van der Waals surface area (Å²) in [5.41, 5.74) is 8.57. The molecule has 0 atom stereocenters. The van der Waals surface area contributed by atoms with Crippen molar-refractivity contribution < 1.29 is 22.4 Å². The van der Waals surface area contributed by atoms with Gasteiger partial charge in [-0.1, -0.05) is 0 Å². The van der Waals surface area contributed by atoms with Crippen LogP contribution in [-0.4, -0.2) is 65.6 Å². The first kappa shape index (κ1) is 20.9. The molecule has 0 aliphatic carbocycles. The van der Waals surface area contributed by atoms with Crippen LogP contribution >= 0.6 is 0 Å². The number of sulfonamides is 1. The van der Waals surface area contributed by atoms with Crippen LogP contribution in [0.3, 0.4) is 0 Å². The molecule has 31 heavy (non-hydrogen) atoms. The highest BCUT2D eigenvalue weighted by Crippen LogP contribution is 2.21. The lowest BCUT2D eigenvalue weighted by Gasteiger charge is -2.33. The number of hydrogen-bond donors (Lipinski definition) is 1. The number of nitrogens with zero attached hydrogens (tertiary/aromatic N) is 4. The largest absolute Gasteiger partial charge is 0.438 e. The molecular formula is C20H21N5O5S. The lowest BCUT2D eigenvalue weighted by Crippen LogP contribution is -2.50. The Morgan fingerprint density at radius 3 is 2.23 bits per heavy atom. The van der Waals surface area contributed by atoms with Crippen molar-refractivity contribution in [2.75, 3.05) is 26.2 Å². The van der Waals surface area contributed by atoms with Crippen molar-refractivity contribution in [3.8, 4) is 0 Å². The summed E-state index contributed by atoms with van der Waals surface area (Å²) in [4.78, 5) is 34.6. The monoisotopic (exact) mass is 443 g/mol. The number of aryl methyl sites for hydroxylation is 2. The molecule has 1 aromatic carbocycles. The highest BCUT2D eigenvalue weighted by atomic mass is 32.2. The Balaban J connectivity index is 1.48. The molecule has 2 N–H and O–H groups in total. The number of carbonyl (C=O) groups is 2. The van der Waals surface area contributed by atoms with E-state index in [0.29, 0.717) is 16.6 Å². The van der Waals surface area contributed by atoms with Gasteiger partial charge in [-0.2, -0.15) is 4.31 Å². The minimum Gasteiger partial charge on any atom is -0.438 e. The number of carbonyl (C=O) groups excluding carboxylic acids is 2. The third-order valence-electron chi connectivity index (χ3n) is 5.27. The number of hydrogen-bond acceptors (Lipinski definition) is 7. The van der Waals surface area contributed by atoms with Crippen molar-refractivity contribution in [2.24, 2.45) is 5.73 Å². The van der Waals surface area contributed by atoms with E-state index in [0.717, 1.165) is 11.4 Å². The third kappa shape index (κ3) is 3.89. The number of rotatable bonds is 4. The van der Waals surface area contributed by atoms with Crippen LogP contribution in [0.5, 0.6) is 0 Å². The predicted octanol–water partition coefficient (Wildman–Crippen LogP) is 1.09. The molecule has 0 bridgehead atoms. The first-order valence-corrected chi connectivity index (χ1v) is 11.0. The van der Waals surface area contributed by atoms with Gasteiger partial charge in [-0.15, -0.1) is 0 Å². The van der Waals surface area contributed by atoms with Crippen molar-refractivity contribution in [3.63, 3.8) is 0 Å². The summed E-state index contributed by atoms with van der Waals surface area (Å²) >= 11 is 0. The Hall–Kier alpha value is -3.31. The zero-order valence-corrected chi connectivity index (χ0v) is 17.8. The van der Waals surface area contributed by atoms with Gasteiger partial charge in [0.1, 0.15) is 0 Å². The number of fused-ring (bicyclic) bond motifs is 1. The molecule has 0 unspecified atom stereocenters. The molecule has 0 spiro atoms. The lowest BCUT2D eigenvalue weighted by atomic mass is 10.1. The summed E-state index contributed by atoms with van der Waals surface area (Å²) in [6.45, 7) is 4.39. The number of primary amides is 1. The van der Waals surface area contributed by atoms with E-state index in [2.05, 4.69) is 9.97 Å². The smallest absolute Gasteiger partial charge is 0.284 e. The molecule has 1 aliphatic rings. The quantitative estimate of drug-likeness (QED) is 0.636. The molecular weight excluding hydrogens is 422 g/mol. The van der Waals surface area contributed by atoms with Crippen molar-refractivity contribution in [1.82, 2.24) is 19.2 Å². The van der Waals surface area contributed by atoms with Crippen molar-refractivity contribution >= 4 is 32.9 Å². The van der Waals surface area contributed by atoms with Crippen LogP contribution in [-0.2, 0) is 10.0 Å². The summed E-state index contributed by atoms with van der Waals surface area (Å²) < 4.78 is 31.8. The first-order valence-electron chi connectivity index (χ1n) is 9.61. The second-order valence-electron chi connectivity index (χ2n) is 7.28. The van der Waals surface area contributed by atoms with Crippen LogP contribution in [0.15, 0.2) is 39.8 Å². The third-order valence-corrected chi connectivity index (χ3v) is 7.04. The van der Waals surface area contributed by atoms with Gasteiger partial charge >= 0.3 is 0 Å². The van der Waals surface area contributed by atoms with Crippen molar-refractivity contribution in [2.45, 2.75) is 18.9 Å². The van der Waals surface area contributed by atoms with Gasteiger partial charge < -0.3 is 15.1 Å². The number of amides is 2. The van der Waals surface area contributed by atoms with Gasteiger partial charge in [0.25, 0.3) is 21.8 Å². The fraction of sp³-hybridized carbons (Fsp3) is 0.300. The van der Waals surface area contributed by atoms with E-state index in [9.17, 15) is 18.0 Å². The number of benzene rings is 1. The number of nitrogens with two attached hydrogens (primary N) is 1. The summed E-state index contributed by atoms with van der Waals surface area (Å²) in [6.07, 6.45) is 0. The fourth-order valence-corrected chi connectivity index (χ4v) is 4.73. The van der Waals surface area contributed by atoms with Gasteiger partial charge in [-0.25, -0.2) is 18.4 Å². The van der Waals surface area contributed by atoms with Gasteiger partial charge in [0, 0.05) is 31.7 Å². The maximum atomic E-state index is 12.9. The van der Waals surface area contributed by atoms with Crippen LogP contribution in [0.2, 0.25) is 0 Å². The van der Waals surface area contributed by atoms with E-state index >= 15 is 0 Å². The summed E-state index contributed by atoms with van der Waals surface area (Å²) in [7, 11) is -3.92. The molecule has 3 heterocycles. The zero-order chi connectivity index (χ0) is 22.3. The highest BCUT2D eigenvalue weighted by Gasteiger charge is 2.33. The molecule has 0 radical (unpaired) electrons. The Morgan fingerprint density at radius 2 is 1.61 bits per heavy atom. The molecule has 0 saturated carbocycles. The minimum atomic E-state index is -3.92. The Bertz CT molecular complexity index is 1290. The summed E-state index contributed by atoms with van der Waals surface area (Å²) in [6, 6.07) is 7.59. The Kier molecular flexibility index (Phi) is 5.23. The van der Waals surface area contributed by atoms with E-state index in [1.165, 1.54) is 16.4 Å². The second kappa shape index (κ2) is 7.75. The predicted molar refractivity (Wildman–Crippen MR) is 111 cm³/mol. The Morgan fingerprint density at radius 1 is 0.968 bits per heavy atom. The molecule has 3 aromatic rings. The molecule has 4 rings (SSSR count). The first-order chi connectivity index (χ1) is 14.7. The van der Waals surface area contributed by atoms with Crippen LogP contribution < -0.4 is 5.73 Å². The van der Waals surface area contributed by atoms with Gasteiger partial charge in [-0.05, 0) is 44.2 Å². The standard InChI is InChI=1S/C20H21N5O5S/c1-12-13(2)23-16-11-14(3-4-15(16)22-12)20(27)24-7-9-25(10-8-24)31(28,29)18-6-5-17(30-18)19(21)26/h3-6,11H,7-10H2,1-2H3,(H2,21,26). The SMILES string of the molecule is Cc1nc2ccc(C(=O)N3CCN(S(=O)(=O)c4ccc(C(N)=O)o4)CC3)cc2nc1C. The molecule has 162 valence electrons. The highest BCUT2D eigenvalue weighted by molar-refractivity contribution is 7.89. The van der Waals surface area contributed by atoms with E-state index < -0.39 is 15.9 Å². The van der Waals surface area contributed by atoms with Gasteiger partial charge in [0.05, 0.1) is 22.4 Å². The summed E-state index contributed by atoms with van der Waals surface area (Å²) in [5.74, 6) is -1.27. The number of piperazine rings is 1. The molecule has 1 aliphatic heterocycles. The topological polar surface area (TPSA) is 140 Å². The van der Waals surface area contributed by atoms with Gasteiger partial charge in [0.15, 0.2) is 5.76 Å². The van der Waals surface area contributed by atoms with E-state index in [-0.39, 0.29) is 42.9 Å². The normalized spacial score (nSPS) is 15.4. The van der Waals surface area contributed by atoms with Crippen LogP contribution in [0.25, 0.3) is 11.0 Å². The lowest BCUT2D eigenvalue weighted by molar-refractivity contribution is 0.0696. The summed E-state index contributed by atoms with van der Waals surface area (Å²) in [5, 5.41) is -0.347. The van der Waals surface area contributed by atoms with Gasteiger partial charge in [0.2, 0.25) is 5.09 Å². The molecule has 2 amide bonds. The number of aromatic nitrogens is 2. The van der Waals surface area contributed by atoms with Crippen LogP contribution in [0.4, 0.5) is 0 Å². The second-order valence-corrected chi connectivity index (χ2v) is 9.15. The maximum absolute atomic E-state index is 12.9. The average molecular weight is 443 g/mol. The van der Waals surface area contributed by atoms with Crippen molar-refractivity contribution in [1.29, 1.82) is 0 Å². The van der Waals surface area contributed by atoms with Crippen molar-refractivity contribution in [3.05, 3.63) is 53.0 Å². The maximum Gasteiger partial charge on any atom is 0.284 e. The molecule has 1 fully saturated rings. The number of furan rings is 1.